The van der Waals surface area contributed by atoms with E-state index in [1.165, 1.54) is 0 Å². The Labute approximate surface area is 116 Å². The largest absolute Gasteiger partial charge is 0.479 e. The topological polar surface area (TPSA) is 101 Å². The van der Waals surface area contributed by atoms with Crippen molar-refractivity contribution in [2.45, 2.75) is 18.5 Å². The summed E-state index contributed by atoms with van der Waals surface area (Å²) in [5, 5.41) is 28.3. The van der Waals surface area contributed by atoms with E-state index in [1.807, 2.05) is 0 Å². The molecule has 0 aromatic heterocycles. The summed E-state index contributed by atoms with van der Waals surface area (Å²) in [5.74, 6) is -2.21. The highest BCUT2D eigenvalue weighted by molar-refractivity contribution is 5.76. The van der Waals surface area contributed by atoms with Gasteiger partial charge in [-0.3, -0.25) is 10.1 Å². The molecular formula is C10H5F6NO5. The fraction of sp³-hybridized carbons (Fsp3) is 0.300. The van der Waals surface area contributed by atoms with Gasteiger partial charge < -0.3 is 10.2 Å². The third-order valence-corrected chi connectivity index (χ3v) is 2.51. The minimum Gasteiger partial charge on any atom is -0.479 e. The van der Waals surface area contributed by atoms with Gasteiger partial charge in [0.25, 0.3) is 5.69 Å². The van der Waals surface area contributed by atoms with Crippen LogP contribution in [0.1, 0.15) is 22.8 Å². The maximum absolute atomic E-state index is 12.9. The van der Waals surface area contributed by atoms with Crippen molar-refractivity contribution in [3.05, 3.63) is 38.9 Å². The van der Waals surface area contributed by atoms with Gasteiger partial charge in [-0.05, 0) is 6.07 Å². The first-order valence-corrected chi connectivity index (χ1v) is 5.15. The molecule has 1 atom stereocenters. The second kappa shape index (κ2) is 5.44. The van der Waals surface area contributed by atoms with Gasteiger partial charge in [0.15, 0.2) is 6.10 Å². The molecule has 0 aliphatic heterocycles. The van der Waals surface area contributed by atoms with Crippen molar-refractivity contribution < 1.29 is 46.3 Å². The Morgan fingerprint density at radius 1 is 1.14 bits per heavy atom. The van der Waals surface area contributed by atoms with Crippen LogP contribution in [0, 0.1) is 10.1 Å². The van der Waals surface area contributed by atoms with Crippen LogP contribution in [0.5, 0.6) is 0 Å². The number of halogens is 6. The lowest BCUT2D eigenvalue weighted by Gasteiger charge is -2.18. The number of nitro benzene ring substituents is 1. The van der Waals surface area contributed by atoms with Crippen LogP contribution in [0.4, 0.5) is 32.0 Å². The second-order valence-corrected chi connectivity index (χ2v) is 3.92. The summed E-state index contributed by atoms with van der Waals surface area (Å²) in [6, 6.07) is -0.0493. The number of rotatable bonds is 3. The molecule has 0 amide bonds. The summed E-state index contributed by atoms with van der Waals surface area (Å²) in [6.45, 7) is 0. The number of alkyl halides is 6. The number of carboxylic acid groups (broad SMARTS) is 1. The lowest BCUT2D eigenvalue weighted by atomic mass is 9.96. The zero-order chi connectivity index (χ0) is 17.5. The maximum Gasteiger partial charge on any atom is 0.423 e. The smallest absolute Gasteiger partial charge is 0.423 e. The van der Waals surface area contributed by atoms with Gasteiger partial charge in [-0.15, -0.1) is 0 Å². The first kappa shape index (κ1) is 17.7. The van der Waals surface area contributed by atoms with E-state index in [0.717, 1.165) is 0 Å². The number of carboxylic acids is 1. The molecule has 6 nitrogen and oxygen atoms in total. The van der Waals surface area contributed by atoms with Crippen molar-refractivity contribution in [2.24, 2.45) is 0 Å². The Morgan fingerprint density at radius 2 is 1.64 bits per heavy atom. The zero-order valence-electron chi connectivity index (χ0n) is 10.1. The van der Waals surface area contributed by atoms with E-state index >= 15 is 0 Å². The van der Waals surface area contributed by atoms with Gasteiger partial charge >= 0.3 is 18.3 Å². The molecule has 0 radical (unpaired) electrons. The molecular weight excluding hydrogens is 328 g/mol. The summed E-state index contributed by atoms with van der Waals surface area (Å²) >= 11 is 0. The van der Waals surface area contributed by atoms with Crippen LogP contribution in [0.2, 0.25) is 0 Å². The molecule has 0 bridgehead atoms. The highest BCUT2D eigenvalue weighted by atomic mass is 19.4. The predicted octanol–water partition coefficient (Wildman–Crippen LogP) is 2.75. The van der Waals surface area contributed by atoms with Gasteiger partial charge in [0.05, 0.1) is 4.92 Å². The van der Waals surface area contributed by atoms with Crippen molar-refractivity contribution in [3.63, 3.8) is 0 Å². The van der Waals surface area contributed by atoms with Crippen molar-refractivity contribution in [3.8, 4) is 0 Å². The number of hydrogen-bond donors (Lipinski definition) is 2. The van der Waals surface area contributed by atoms with Crippen molar-refractivity contribution in [2.75, 3.05) is 0 Å². The summed E-state index contributed by atoms with van der Waals surface area (Å²) in [6.07, 6.45) is -14.0. The van der Waals surface area contributed by atoms with Crippen LogP contribution >= 0.6 is 0 Å². The van der Waals surface area contributed by atoms with Crippen LogP contribution in [0.25, 0.3) is 0 Å². The molecule has 0 aliphatic rings. The Balaban J connectivity index is 3.90. The van der Waals surface area contributed by atoms with Crippen molar-refractivity contribution >= 4 is 11.7 Å². The molecule has 0 aliphatic carbocycles. The number of nitro groups is 1. The molecule has 2 N–H and O–H groups in total. The van der Waals surface area contributed by atoms with Gasteiger partial charge in [-0.1, -0.05) is 6.07 Å². The lowest BCUT2D eigenvalue weighted by molar-refractivity contribution is -0.391. The summed E-state index contributed by atoms with van der Waals surface area (Å²) < 4.78 is 76.5. The SMILES string of the molecule is O=C(O)C(O)c1ccc(C(F)(F)F)c([N+](=O)[O-])c1C(F)(F)F. The Kier molecular flexibility index (Phi) is 4.37. The number of benzene rings is 1. The average molecular weight is 333 g/mol. The minimum absolute atomic E-state index is 0.0391. The molecule has 12 heteroatoms. The minimum atomic E-state index is -5.69. The third kappa shape index (κ3) is 3.27. The van der Waals surface area contributed by atoms with Crippen LogP contribution in [0.15, 0.2) is 12.1 Å². The van der Waals surface area contributed by atoms with Crippen LogP contribution in [-0.4, -0.2) is 21.1 Å². The maximum atomic E-state index is 12.9. The van der Waals surface area contributed by atoms with E-state index in [-0.39, 0.29) is 12.1 Å². The predicted molar refractivity (Wildman–Crippen MR) is 55.7 cm³/mol. The van der Waals surface area contributed by atoms with Gasteiger partial charge in [-0.25, -0.2) is 4.79 Å². The van der Waals surface area contributed by atoms with Crippen LogP contribution in [0.3, 0.4) is 0 Å². The highest BCUT2D eigenvalue weighted by Crippen LogP contribution is 2.46. The van der Waals surface area contributed by atoms with E-state index < -0.39 is 51.7 Å². The molecule has 0 heterocycles. The second-order valence-electron chi connectivity index (χ2n) is 3.92. The number of carbonyl (C=O) groups is 1. The number of nitrogens with zero attached hydrogens (tertiary/aromatic N) is 1. The number of hydrogen-bond acceptors (Lipinski definition) is 4. The first-order valence-electron chi connectivity index (χ1n) is 5.15. The molecule has 122 valence electrons. The zero-order valence-corrected chi connectivity index (χ0v) is 10.1. The highest BCUT2D eigenvalue weighted by Gasteiger charge is 2.49. The Morgan fingerprint density at radius 3 is 1.95 bits per heavy atom. The molecule has 0 spiro atoms. The number of aliphatic hydroxyl groups is 1. The van der Waals surface area contributed by atoms with Crippen LogP contribution < -0.4 is 0 Å². The standard InChI is InChI=1S/C10H5F6NO5/c11-9(12,13)4-2-1-3(7(18)8(19)20)5(10(14,15)16)6(4)17(21)22/h1-2,7,18H,(H,19,20). The first-order chi connectivity index (χ1) is 9.78. The van der Waals surface area contributed by atoms with Gasteiger partial charge in [0.1, 0.15) is 11.1 Å². The Bertz CT molecular complexity index is 623. The quantitative estimate of drug-likeness (QED) is 0.503. The fourth-order valence-corrected chi connectivity index (χ4v) is 1.68. The van der Waals surface area contributed by atoms with Crippen molar-refractivity contribution in [1.29, 1.82) is 0 Å². The van der Waals surface area contributed by atoms with E-state index in [4.69, 9.17) is 10.2 Å². The molecule has 1 aromatic carbocycles. The van der Waals surface area contributed by atoms with Crippen LogP contribution in [-0.2, 0) is 17.1 Å². The molecule has 0 saturated heterocycles. The number of aliphatic hydroxyl groups excluding tert-OH is 1. The molecule has 1 aromatic rings. The molecule has 1 rings (SSSR count). The van der Waals surface area contributed by atoms with E-state index in [2.05, 4.69) is 0 Å². The molecule has 22 heavy (non-hydrogen) atoms. The summed E-state index contributed by atoms with van der Waals surface area (Å²) in [7, 11) is 0. The summed E-state index contributed by atoms with van der Waals surface area (Å²) in [5.41, 5.74) is -8.58. The Hall–Kier alpha value is -2.37. The van der Waals surface area contributed by atoms with E-state index in [9.17, 15) is 41.3 Å². The van der Waals surface area contributed by atoms with Gasteiger partial charge in [-0.2, -0.15) is 26.3 Å². The average Bonchev–Trinajstić information content (AvgIpc) is 2.33. The fourth-order valence-electron chi connectivity index (χ4n) is 1.68. The molecule has 1 unspecified atom stereocenters. The lowest BCUT2D eigenvalue weighted by Crippen LogP contribution is -2.22. The van der Waals surface area contributed by atoms with E-state index in [1.54, 1.807) is 0 Å². The van der Waals surface area contributed by atoms with E-state index in [0.29, 0.717) is 0 Å². The number of aliphatic carboxylic acids is 1. The molecule has 0 saturated carbocycles. The van der Waals surface area contributed by atoms with Gasteiger partial charge in [0.2, 0.25) is 0 Å². The normalized spacial score (nSPS) is 13.8. The summed E-state index contributed by atoms with van der Waals surface area (Å²) in [4.78, 5) is 19.3. The van der Waals surface area contributed by atoms with Gasteiger partial charge in [0, 0.05) is 5.56 Å². The third-order valence-electron chi connectivity index (χ3n) is 2.51. The van der Waals surface area contributed by atoms with Crippen molar-refractivity contribution in [1.82, 2.24) is 0 Å². The monoisotopic (exact) mass is 333 g/mol. The molecule has 0 fully saturated rings.